The van der Waals surface area contributed by atoms with Crippen LogP contribution in [0.15, 0.2) is 60.7 Å². The molecule has 0 unspecified atom stereocenters. The smallest absolute Gasteiger partial charge is 0.416 e. The van der Waals surface area contributed by atoms with Crippen LogP contribution in [0.5, 0.6) is 11.5 Å². The van der Waals surface area contributed by atoms with Gasteiger partial charge in [0, 0.05) is 0 Å². The van der Waals surface area contributed by atoms with Crippen molar-refractivity contribution in [2.75, 3.05) is 7.11 Å². The summed E-state index contributed by atoms with van der Waals surface area (Å²) < 4.78 is 48.8. The third-order valence-corrected chi connectivity index (χ3v) is 3.71. The molecule has 0 bridgehead atoms. The van der Waals surface area contributed by atoms with Crippen LogP contribution in [0.25, 0.3) is 10.8 Å². The molecule has 0 spiro atoms. The number of ether oxygens (including phenoxy) is 2. The lowest BCUT2D eigenvalue weighted by atomic mass is 10.1. The zero-order valence-electron chi connectivity index (χ0n) is 12.9. The molecule has 0 N–H and O–H groups in total. The van der Waals surface area contributed by atoms with Gasteiger partial charge in [-0.1, -0.05) is 36.4 Å². The molecule has 24 heavy (non-hydrogen) atoms. The van der Waals surface area contributed by atoms with Crippen LogP contribution in [0.4, 0.5) is 13.2 Å². The van der Waals surface area contributed by atoms with Gasteiger partial charge in [-0.15, -0.1) is 0 Å². The van der Waals surface area contributed by atoms with Crippen molar-refractivity contribution in [1.82, 2.24) is 0 Å². The maximum Gasteiger partial charge on any atom is 0.416 e. The molecule has 0 amide bonds. The molecule has 0 saturated heterocycles. The third-order valence-electron chi connectivity index (χ3n) is 3.71. The van der Waals surface area contributed by atoms with Crippen LogP contribution >= 0.6 is 0 Å². The van der Waals surface area contributed by atoms with E-state index in [1.54, 1.807) is 7.11 Å². The highest BCUT2D eigenvalue weighted by atomic mass is 19.4. The zero-order valence-corrected chi connectivity index (χ0v) is 12.9. The van der Waals surface area contributed by atoms with Crippen molar-refractivity contribution in [2.24, 2.45) is 0 Å². The third kappa shape index (κ3) is 3.45. The van der Waals surface area contributed by atoms with E-state index >= 15 is 0 Å². The number of hydrogen-bond donors (Lipinski definition) is 0. The van der Waals surface area contributed by atoms with E-state index < -0.39 is 11.7 Å². The number of halogens is 3. The number of fused-ring (bicyclic) bond motifs is 1. The van der Waals surface area contributed by atoms with Crippen molar-refractivity contribution in [3.05, 3.63) is 71.8 Å². The topological polar surface area (TPSA) is 18.5 Å². The summed E-state index contributed by atoms with van der Waals surface area (Å²) in [6, 6.07) is 16.4. The maximum absolute atomic E-state index is 12.6. The highest BCUT2D eigenvalue weighted by Crippen LogP contribution is 2.33. The summed E-state index contributed by atoms with van der Waals surface area (Å²) in [6.45, 7) is 0.160. The molecule has 124 valence electrons. The quantitative estimate of drug-likeness (QED) is 0.633. The molecule has 0 atom stereocenters. The van der Waals surface area contributed by atoms with Gasteiger partial charge in [-0.3, -0.25) is 0 Å². The Kier molecular flexibility index (Phi) is 4.34. The maximum atomic E-state index is 12.6. The summed E-state index contributed by atoms with van der Waals surface area (Å²) in [5.74, 6) is 1.14. The second-order valence-corrected chi connectivity index (χ2v) is 5.33. The Morgan fingerprint density at radius 3 is 1.96 bits per heavy atom. The van der Waals surface area contributed by atoms with E-state index in [0.29, 0.717) is 17.1 Å². The first-order valence-corrected chi connectivity index (χ1v) is 7.33. The fraction of sp³-hybridized carbons (Fsp3) is 0.158. The highest BCUT2D eigenvalue weighted by Gasteiger charge is 2.29. The van der Waals surface area contributed by atoms with Gasteiger partial charge >= 0.3 is 6.18 Å². The van der Waals surface area contributed by atoms with Gasteiger partial charge < -0.3 is 9.47 Å². The Bertz CT molecular complexity index is 839. The molecule has 3 aromatic rings. The van der Waals surface area contributed by atoms with Crippen molar-refractivity contribution in [3.8, 4) is 11.5 Å². The van der Waals surface area contributed by atoms with E-state index in [0.717, 1.165) is 22.9 Å². The average molecular weight is 332 g/mol. The number of hydrogen-bond acceptors (Lipinski definition) is 2. The summed E-state index contributed by atoms with van der Waals surface area (Å²) in [5.41, 5.74) is -0.0206. The molecule has 0 fully saturated rings. The van der Waals surface area contributed by atoms with E-state index in [9.17, 15) is 13.2 Å². The van der Waals surface area contributed by atoms with Crippen molar-refractivity contribution in [3.63, 3.8) is 0 Å². The second kappa shape index (κ2) is 6.43. The van der Waals surface area contributed by atoms with Gasteiger partial charge in [-0.05, 0) is 40.6 Å². The van der Waals surface area contributed by atoms with Crippen LogP contribution in [0.3, 0.4) is 0 Å². The summed E-state index contributed by atoms with van der Waals surface area (Å²) >= 11 is 0. The minimum atomic E-state index is -4.33. The molecule has 2 nitrogen and oxygen atoms in total. The number of rotatable bonds is 4. The zero-order chi connectivity index (χ0) is 17.2. The lowest BCUT2D eigenvalue weighted by Gasteiger charge is -2.13. The van der Waals surface area contributed by atoms with E-state index in [4.69, 9.17) is 9.47 Å². The number of benzene rings is 3. The summed E-state index contributed by atoms with van der Waals surface area (Å²) in [6.07, 6.45) is -4.33. The molecular weight excluding hydrogens is 317 g/mol. The summed E-state index contributed by atoms with van der Waals surface area (Å²) in [5, 5.41) is 2.02. The van der Waals surface area contributed by atoms with E-state index in [1.807, 2.05) is 36.4 Å². The van der Waals surface area contributed by atoms with Gasteiger partial charge in [0.05, 0.1) is 12.7 Å². The molecule has 0 aromatic heterocycles. The number of alkyl halides is 3. The summed E-state index contributed by atoms with van der Waals surface area (Å²) in [4.78, 5) is 0. The number of methoxy groups -OCH3 is 1. The van der Waals surface area contributed by atoms with Crippen LogP contribution < -0.4 is 9.47 Å². The Morgan fingerprint density at radius 2 is 1.42 bits per heavy atom. The molecule has 0 aliphatic carbocycles. The molecule has 0 aliphatic heterocycles. The van der Waals surface area contributed by atoms with Gasteiger partial charge in [0.25, 0.3) is 0 Å². The minimum absolute atomic E-state index is 0.160. The van der Waals surface area contributed by atoms with Gasteiger partial charge in [0.2, 0.25) is 0 Å². The molecule has 5 heteroatoms. The monoisotopic (exact) mass is 332 g/mol. The first-order chi connectivity index (χ1) is 11.5. The van der Waals surface area contributed by atoms with Crippen LogP contribution in [-0.4, -0.2) is 7.11 Å². The predicted octanol–water partition coefficient (Wildman–Crippen LogP) is 5.45. The van der Waals surface area contributed by atoms with Crippen LogP contribution in [0, 0.1) is 0 Å². The molecule has 0 radical (unpaired) electrons. The van der Waals surface area contributed by atoms with Gasteiger partial charge in [0.15, 0.2) is 11.5 Å². The molecule has 0 saturated carbocycles. The molecular formula is C19H15F3O2. The second-order valence-electron chi connectivity index (χ2n) is 5.33. The molecule has 0 aliphatic rings. The first-order valence-electron chi connectivity index (χ1n) is 7.33. The minimum Gasteiger partial charge on any atom is -0.493 e. The van der Waals surface area contributed by atoms with Crippen LogP contribution in [0.2, 0.25) is 0 Å². The first kappa shape index (κ1) is 16.2. The fourth-order valence-corrected chi connectivity index (χ4v) is 2.42. The molecule has 0 heterocycles. The van der Waals surface area contributed by atoms with E-state index in [2.05, 4.69) is 0 Å². The Balaban J connectivity index is 1.80. The highest BCUT2D eigenvalue weighted by molar-refractivity contribution is 5.86. The largest absolute Gasteiger partial charge is 0.493 e. The van der Waals surface area contributed by atoms with Crippen molar-refractivity contribution < 1.29 is 22.6 Å². The van der Waals surface area contributed by atoms with E-state index in [-0.39, 0.29) is 6.61 Å². The van der Waals surface area contributed by atoms with Crippen LogP contribution in [-0.2, 0) is 12.8 Å². The molecule has 3 aromatic carbocycles. The lowest BCUT2D eigenvalue weighted by molar-refractivity contribution is -0.137. The van der Waals surface area contributed by atoms with Crippen LogP contribution in [0.1, 0.15) is 11.1 Å². The van der Waals surface area contributed by atoms with Crippen molar-refractivity contribution in [1.29, 1.82) is 0 Å². The molecule has 3 rings (SSSR count). The lowest BCUT2D eigenvalue weighted by Crippen LogP contribution is -2.05. The van der Waals surface area contributed by atoms with Gasteiger partial charge in [0.1, 0.15) is 6.61 Å². The normalized spacial score (nSPS) is 11.5. The average Bonchev–Trinajstić information content (AvgIpc) is 2.58. The van der Waals surface area contributed by atoms with Crippen molar-refractivity contribution >= 4 is 10.8 Å². The Morgan fingerprint density at radius 1 is 0.833 bits per heavy atom. The predicted molar refractivity (Wildman–Crippen MR) is 86.3 cm³/mol. The van der Waals surface area contributed by atoms with Crippen molar-refractivity contribution in [2.45, 2.75) is 12.8 Å². The summed E-state index contributed by atoms with van der Waals surface area (Å²) in [7, 11) is 1.55. The fourth-order valence-electron chi connectivity index (χ4n) is 2.42. The van der Waals surface area contributed by atoms with E-state index in [1.165, 1.54) is 12.1 Å². The SMILES string of the molecule is COc1cc2ccccc2cc1OCc1ccc(C(F)(F)F)cc1. The van der Waals surface area contributed by atoms with Gasteiger partial charge in [-0.25, -0.2) is 0 Å². The van der Waals surface area contributed by atoms with Gasteiger partial charge in [-0.2, -0.15) is 13.2 Å². The Hall–Kier alpha value is -2.69. The Labute approximate surface area is 137 Å². The standard InChI is InChI=1S/C19H15F3O2/c1-23-17-10-14-4-2-3-5-15(14)11-18(17)24-12-13-6-8-16(9-7-13)19(20,21)22/h2-11H,12H2,1H3.